The monoisotopic (exact) mass is 311 g/mol. The molecule has 1 aromatic carbocycles. The second kappa shape index (κ2) is 6.73. The Morgan fingerprint density at radius 3 is 2.57 bits per heavy atom. The van der Waals surface area contributed by atoms with Crippen molar-refractivity contribution in [2.45, 2.75) is 32.4 Å². The molecule has 4 heteroatoms. The Hall–Kier alpha value is -2.49. The first-order valence-electron chi connectivity index (χ1n) is 7.84. The standard InChI is InChI=1S/C19H21NO3/c1-14-3-8-18(23-14)11-12-19(21)20(16-6-7-16)13-15-4-9-17(22-2)10-5-15/h3-5,8-12,16H,6-7,13H2,1-2H3/b12-11+. The van der Waals surface area contributed by atoms with Gasteiger partial charge in [-0.1, -0.05) is 12.1 Å². The SMILES string of the molecule is COc1ccc(CN(C(=O)/C=C/c2ccc(C)o2)C2CC2)cc1. The second-order valence-corrected chi connectivity index (χ2v) is 5.83. The third kappa shape index (κ3) is 4.03. The highest BCUT2D eigenvalue weighted by Gasteiger charge is 2.31. The van der Waals surface area contributed by atoms with Crippen LogP contribution in [0, 0.1) is 6.92 Å². The molecule has 1 aliphatic carbocycles. The molecule has 0 bridgehead atoms. The number of hydrogen-bond donors (Lipinski definition) is 0. The number of benzene rings is 1. The Bertz CT molecular complexity index is 696. The van der Waals surface area contributed by atoms with E-state index in [2.05, 4.69) is 0 Å². The summed E-state index contributed by atoms with van der Waals surface area (Å²) in [6, 6.07) is 12.0. The lowest BCUT2D eigenvalue weighted by Gasteiger charge is -2.21. The van der Waals surface area contributed by atoms with Gasteiger partial charge in [-0.15, -0.1) is 0 Å². The van der Waals surface area contributed by atoms with E-state index in [1.807, 2.05) is 48.2 Å². The number of ether oxygens (including phenoxy) is 1. The zero-order valence-electron chi connectivity index (χ0n) is 13.5. The number of methoxy groups -OCH3 is 1. The maximum Gasteiger partial charge on any atom is 0.247 e. The van der Waals surface area contributed by atoms with Gasteiger partial charge in [0.05, 0.1) is 7.11 Å². The molecule has 2 aromatic rings. The highest BCUT2D eigenvalue weighted by atomic mass is 16.5. The van der Waals surface area contributed by atoms with Crippen molar-refractivity contribution in [1.82, 2.24) is 4.90 Å². The van der Waals surface area contributed by atoms with E-state index in [9.17, 15) is 4.79 Å². The molecular weight excluding hydrogens is 290 g/mol. The molecule has 1 aliphatic rings. The van der Waals surface area contributed by atoms with Crippen LogP contribution in [-0.2, 0) is 11.3 Å². The van der Waals surface area contributed by atoms with Crippen LogP contribution in [0.25, 0.3) is 6.08 Å². The van der Waals surface area contributed by atoms with E-state index in [0.29, 0.717) is 18.3 Å². The smallest absolute Gasteiger partial charge is 0.247 e. The van der Waals surface area contributed by atoms with Crippen LogP contribution in [-0.4, -0.2) is 24.0 Å². The van der Waals surface area contributed by atoms with E-state index in [0.717, 1.165) is 29.9 Å². The molecule has 1 fully saturated rings. The third-order valence-corrected chi connectivity index (χ3v) is 3.93. The van der Waals surface area contributed by atoms with Crippen molar-refractivity contribution in [3.05, 3.63) is 59.6 Å². The zero-order valence-corrected chi connectivity index (χ0v) is 13.5. The van der Waals surface area contributed by atoms with Crippen LogP contribution >= 0.6 is 0 Å². The fourth-order valence-corrected chi connectivity index (χ4v) is 2.49. The van der Waals surface area contributed by atoms with E-state index in [1.165, 1.54) is 0 Å². The zero-order chi connectivity index (χ0) is 16.2. The summed E-state index contributed by atoms with van der Waals surface area (Å²) in [5.74, 6) is 2.40. The Morgan fingerprint density at radius 2 is 2.00 bits per heavy atom. The number of furan rings is 1. The van der Waals surface area contributed by atoms with Gasteiger partial charge in [-0.3, -0.25) is 4.79 Å². The second-order valence-electron chi connectivity index (χ2n) is 5.83. The van der Waals surface area contributed by atoms with Gasteiger partial charge in [0.15, 0.2) is 0 Å². The van der Waals surface area contributed by atoms with Crippen LogP contribution in [0.4, 0.5) is 0 Å². The Labute approximate surface area is 136 Å². The molecule has 0 unspecified atom stereocenters. The van der Waals surface area contributed by atoms with Crippen molar-refractivity contribution in [2.75, 3.05) is 7.11 Å². The van der Waals surface area contributed by atoms with Crippen LogP contribution < -0.4 is 4.74 Å². The minimum atomic E-state index is 0.0253. The molecule has 3 rings (SSSR count). The first-order chi connectivity index (χ1) is 11.2. The Morgan fingerprint density at radius 1 is 1.26 bits per heavy atom. The van der Waals surface area contributed by atoms with Crippen molar-refractivity contribution in [3.8, 4) is 5.75 Å². The van der Waals surface area contributed by atoms with Gasteiger partial charge < -0.3 is 14.1 Å². The van der Waals surface area contributed by atoms with Crippen molar-refractivity contribution < 1.29 is 13.9 Å². The van der Waals surface area contributed by atoms with Crippen LogP contribution in [0.5, 0.6) is 5.75 Å². The number of carbonyl (C=O) groups is 1. The summed E-state index contributed by atoms with van der Waals surface area (Å²) in [5.41, 5.74) is 1.10. The van der Waals surface area contributed by atoms with E-state index >= 15 is 0 Å². The molecule has 0 aliphatic heterocycles. The summed E-state index contributed by atoms with van der Waals surface area (Å²) in [5, 5.41) is 0. The average Bonchev–Trinajstić information content (AvgIpc) is 3.32. The Kier molecular flexibility index (Phi) is 4.51. The molecule has 23 heavy (non-hydrogen) atoms. The van der Waals surface area contributed by atoms with Gasteiger partial charge in [-0.2, -0.15) is 0 Å². The third-order valence-electron chi connectivity index (χ3n) is 3.93. The summed E-state index contributed by atoms with van der Waals surface area (Å²) in [6.45, 7) is 2.51. The molecule has 1 heterocycles. The minimum absolute atomic E-state index is 0.0253. The highest BCUT2D eigenvalue weighted by Crippen LogP contribution is 2.29. The highest BCUT2D eigenvalue weighted by molar-refractivity contribution is 5.91. The predicted octanol–water partition coefficient (Wildman–Crippen LogP) is 3.80. The van der Waals surface area contributed by atoms with Crippen LogP contribution in [0.15, 0.2) is 46.9 Å². The summed E-state index contributed by atoms with van der Waals surface area (Å²) < 4.78 is 10.6. The fourth-order valence-electron chi connectivity index (χ4n) is 2.49. The summed E-state index contributed by atoms with van der Waals surface area (Å²) in [7, 11) is 1.65. The van der Waals surface area contributed by atoms with Gasteiger partial charge in [-0.25, -0.2) is 0 Å². The topological polar surface area (TPSA) is 42.7 Å². The van der Waals surface area contributed by atoms with E-state index in [4.69, 9.17) is 9.15 Å². The first kappa shape index (κ1) is 15.4. The van der Waals surface area contributed by atoms with E-state index in [-0.39, 0.29) is 5.91 Å². The van der Waals surface area contributed by atoms with Gasteiger partial charge >= 0.3 is 0 Å². The molecule has 1 aromatic heterocycles. The Balaban J connectivity index is 1.68. The normalized spacial score (nSPS) is 14.2. The maximum absolute atomic E-state index is 12.5. The fraction of sp³-hybridized carbons (Fsp3) is 0.316. The molecule has 1 amide bonds. The first-order valence-corrected chi connectivity index (χ1v) is 7.84. The molecule has 0 N–H and O–H groups in total. The largest absolute Gasteiger partial charge is 0.497 e. The molecule has 0 spiro atoms. The molecule has 0 radical (unpaired) electrons. The number of aryl methyl sites for hydroxylation is 1. The summed E-state index contributed by atoms with van der Waals surface area (Å²) >= 11 is 0. The quantitative estimate of drug-likeness (QED) is 0.762. The van der Waals surface area contributed by atoms with Gasteiger partial charge in [0, 0.05) is 18.7 Å². The van der Waals surface area contributed by atoms with E-state index in [1.54, 1.807) is 19.3 Å². The van der Waals surface area contributed by atoms with Crippen molar-refractivity contribution >= 4 is 12.0 Å². The molecule has 4 nitrogen and oxygen atoms in total. The molecule has 120 valence electrons. The lowest BCUT2D eigenvalue weighted by Crippen LogP contribution is -2.31. The van der Waals surface area contributed by atoms with Gasteiger partial charge in [-0.05, 0) is 55.7 Å². The number of rotatable bonds is 6. The maximum atomic E-state index is 12.5. The molecular formula is C19H21NO3. The summed E-state index contributed by atoms with van der Waals surface area (Å²) in [4.78, 5) is 14.4. The lowest BCUT2D eigenvalue weighted by molar-refractivity contribution is -0.127. The molecule has 1 saturated carbocycles. The van der Waals surface area contributed by atoms with Gasteiger partial charge in [0.1, 0.15) is 17.3 Å². The van der Waals surface area contributed by atoms with E-state index < -0.39 is 0 Å². The molecule has 0 atom stereocenters. The number of amides is 1. The van der Waals surface area contributed by atoms with Crippen molar-refractivity contribution in [3.63, 3.8) is 0 Å². The summed E-state index contributed by atoms with van der Waals surface area (Å²) in [6.07, 6.45) is 5.49. The predicted molar refractivity (Wildman–Crippen MR) is 89.0 cm³/mol. The van der Waals surface area contributed by atoms with Crippen LogP contribution in [0.1, 0.15) is 29.9 Å². The average molecular weight is 311 g/mol. The van der Waals surface area contributed by atoms with Gasteiger partial charge in [0.25, 0.3) is 0 Å². The lowest BCUT2D eigenvalue weighted by atomic mass is 10.2. The number of carbonyl (C=O) groups excluding carboxylic acids is 1. The van der Waals surface area contributed by atoms with Crippen LogP contribution in [0.3, 0.4) is 0 Å². The number of nitrogens with zero attached hydrogens (tertiary/aromatic N) is 1. The van der Waals surface area contributed by atoms with Crippen LogP contribution in [0.2, 0.25) is 0 Å². The van der Waals surface area contributed by atoms with Crippen molar-refractivity contribution in [2.24, 2.45) is 0 Å². The molecule has 0 saturated heterocycles. The number of hydrogen-bond acceptors (Lipinski definition) is 3. The van der Waals surface area contributed by atoms with Gasteiger partial charge in [0.2, 0.25) is 5.91 Å². The van der Waals surface area contributed by atoms with Crippen molar-refractivity contribution in [1.29, 1.82) is 0 Å². The minimum Gasteiger partial charge on any atom is -0.497 e.